The van der Waals surface area contributed by atoms with E-state index in [2.05, 4.69) is 15.3 Å². The predicted molar refractivity (Wildman–Crippen MR) is 97.5 cm³/mol. The minimum Gasteiger partial charge on any atom is -0.444 e. The minimum absolute atomic E-state index is 0.0113. The first-order chi connectivity index (χ1) is 13.7. The van der Waals surface area contributed by atoms with Gasteiger partial charge in [0.15, 0.2) is 0 Å². The van der Waals surface area contributed by atoms with Crippen LogP contribution < -0.4 is 5.32 Å². The lowest BCUT2D eigenvalue weighted by Gasteiger charge is -2.19. The molecule has 0 saturated carbocycles. The molecule has 0 fully saturated rings. The van der Waals surface area contributed by atoms with Crippen LogP contribution in [0, 0.1) is 0 Å². The summed E-state index contributed by atoms with van der Waals surface area (Å²) in [6.07, 6.45) is 1.70. The number of hydroxylamine groups is 2. The number of carbonyl (C=O) groups excluding carboxylic acids is 4. The van der Waals surface area contributed by atoms with Gasteiger partial charge in [0, 0.05) is 12.4 Å². The molecule has 0 spiro atoms. The maximum atomic E-state index is 12.2. The van der Waals surface area contributed by atoms with Gasteiger partial charge in [-0.05, 0) is 32.9 Å². The van der Waals surface area contributed by atoms with Gasteiger partial charge in [-0.2, -0.15) is 0 Å². The summed E-state index contributed by atoms with van der Waals surface area (Å²) < 4.78 is 5.09. The third-order valence-corrected chi connectivity index (χ3v) is 3.66. The number of benzene rings is 1. The van der Waals surface area contributed by atoms with Gasteiger partial charge in [0.1, 0.15) is 11.4 Å². The number of hydrogen-bond donors (Lipinski definition) is 1. The molecular formula is C19H18N4O6. The second kappa shape index (κ2) is 7.66. The molecule has 0 aliphatic carbocycles. The van der Waals surface area contributed by atoms with Crippen LogP contribution in [0.4, 0.5) is 4.79 Å². The van der Waals surface area contributed by atoms with Gasteiger partial charge in [0.05, 0.1) is 23.2 Å². The molecule has 0 saturated heterocycles. The van der Waals surface area contributed by atoms with Crippen LogP contribution in [0.3, 0.4) is 0 Å². The van der Waals surface area contributed by atoms with Crippen molar-refractivity contribution >= 4 is 23.9 Å². The highest BCUT2D eigenvalue weighted by atomic mass is 16.7. The van der Waals surface area contributed by atoms with E-state index < -0.39 is 29.5 Å². The Morgan fingerprint density at radius 2 is 1.59 bits per heavy atom. The van der Waals surface area contributed by atoms with Gasteiger partial charge in [-0.1, -0.05) is 17.2 Å². The summed E-state index contributed by atoms with van der Waals surface area (Å²) in [4.78, 5) is 61.1. The maximum Gasteiger partial charge on any atom is 0.408 e. The van der Waals surface area contributed by atoms with Crippen molar-refractivity contribution in [2.24, 2.45) is 0 Å². The molecule has 10 heteroatoms. The normalized spacial score (nSPS) is 13.1. The summed E-state index contributed by atoms with van der Waals surface area (Å²) in [6, 6.07) is 6.15. The number of hydrogen-bond acceptors (Lipinski definition) is 8. The standard InChI is InChI=1S/C19H18N4O6/c1-19(2,3)28-18(27)22-10-14-20-8-11(9-21-14)17(26)29-23-15(24)12-6-4-5-7-13(12)16(23)25/h4-9H,10H2,1-3H3,(H,22,27). The van der Waals surface area contributed by atoms with Crippen molar-refractivity contribution in [2.45, 2.75) is 32.9 Å². The molecule has 3 rings (SSSR count). The van der Waals surface area contributed by atoms with E-state index in [1.54, 1.807) is 32.9 Å². The highest BCUT2D eigenvalue weighted by Crippen LogP contribution is 2.23. The smallest absolute Gasteiger partial charge is 0.408 e. The Morgan fingerprint density at radius 3 is 2.10 bits per heavy atom. The highest BCUT2D eigenvalue weighted by Gasteiger charge is 2.38. The molecule has 1 N–H and O–H groups in total. The van der Waals surface area contributed by atoms with Crippen molar-refractivity contribution in [3.63, 3.8) is 0 Å². The van der Waals surface area contributed by atoms with Gasteiger partial charge in [-0.25, -0.2) is 19.6 Å². The summed E-state index contributed by atoms with van der Waals surface area (Å²) >= 11 is 0. The molecule has 1 aromatic heterocycles. The molecule has 150 valence electrons. The first-order valence-electron chi connectivity index (χ1n) is 8.63. The molecule has 1 aromatic carbocycles. The molecular weight excluding hydrogens is 380 g/mol. The number of aromatic nitrogens is 2. The van der Waals surface area contributed by atoms with Crippen LogP contribution in [0.1, 0.15) is 57.7 Å². The van der Waals surface area contributed by atoms with Crippen molar-refractivity contribution < 1.29 is 28.8 Å². The lowest BCUT2D eigenvalue weighted by atomic mass is 10.1. The average Bonchev–Trinajstić information content (AvgIpc) is 2.91. The first-order valence-corrected chi connectivity index (χ1v) is 8.63. The number of ether oxygens (including phenoxy) is 1. The Kier molecular flexibility index (Phi) is 5.26. The summed E-state index contributed by atoms with van der Waals surface area (Å²) in [5.41, 5.74) is -0.388. The molecule has 2 heterocycles. The number of imide groups is 1. The zero-order valence-electron chi connectivity index (χ0n) is 16.0. The zero-order valence-corrected chi connectivity index (χ0v) is 16.0. The molecule has 0 radical (unpaired) electrons. The quantitative estimate of drug-likeness (QED) is 0.773. The molecule has 2 aromatic rings. The number of alkyl carbamates (subject to hydrolysis) is 1. The van der Waals surface area contributed by atoms with Crippen LogP contribution in [0.15, 0.2) is 36.7 Å². The molecule has 1 aliphatic rings. The molecule has 0 atom stereocenters. The van der Waals surface area contributed by atoms with Crippen LogP contribution in [-0.2, 0) is 16.1 Å². The van der Waals surface area contributed by atoms with Gasteiger partial charge < -0.3 is 14.9 Å². The molecule has 0 unspecified atom stereocenters. The van der Waals surface area contributed by atoms with E-state index in [1.807, 2.05) is 0 Å². The maximum absolute atomic E-state index is 12.2. The van der Waals surface area contributed by atoms with Gasteiger partial charge >= 0.3 is 12.1 Å². The lowest BCUT2D eigenvalue weighted by molar-refractivity contribution is -0.0585. The second-order valence-corrected chi connectivity index (χ2v) is 7.07. The van der Waals surface area contributed by atoms with Crippen LogP contribution >= 0.6 is 0 Å². The topological polar surface area (TPSA) is 128 Å². The van der Waals surface area contributed by atoms with Crippen molar-refractivity contribution in [1.82, 2.24) is 20.3 Å². The average molecular weight is 398 g/mol. The zero-order chi connectivity index (χ0) is 21.2. The second-order valence-electron chi connectivity index (χ2n) is 7.07. The van der Waals surface area contributed by atoms with E-state index in [9.17, 15) is 19.2 Å². The Bertz CT molecular complexity index is 946. The van der Waals surface area contributed by atoms with E-state index in [0.29, 0.717) is 5.06 Å². The fourth-order valence-electron chi connectivity index (χ4n) is 2.40. The Hall–Kier alpha value is -3.82. The molecule has 1 aliphatic heterocycles. The predicted octanol–water partition coefficient (Wildman–Crippen LogP) is 1.87. The SMILES string of the molecule is CC(C)(C)OC(=O)NCc1ncc(C(=O)ON2C(=O)c3ccccc3C2=O)cn1. The van der Waals surface area contributed by atoms with Crippen molar-refractivity contribution in [3.05, 3.63) is 59.2 Å². The Balaban J connectivity index is 1.59. The van der Waals surface area contributed by atoms with Gasteiger partial charge in [0.25, 0.3) is 11.8 Å². The first kappa shape index (κ1) is 19.9. The van der Waals surface area contributed by atoms with E-state index in [4.69, 9.17) is 9.57 Å². The largest absolute Gasteiger partial charge is 0.444 e. The van der Waals surface area contributed by atoms with E-state index in [-0.39, 0.29) is 29.1 Å². The summed E-state index contributed by atoms with van der Waals surface area (Å²) in [7, 11) is 0. The van der Waals surface area contributed by atoms with E-state index in [1.165, 1.54) is 24.5 Å². The number of carbonyl (C=O) groups is 4. The van der Waals surface area contributed by atoms with E-state index >= 15 is 0 Å². The van der Waals surface area contributed by atoms with Gasteiger partial charge in [-0.3, -0.25) is 9.59 Å². The number of fused-ring (bicyclic) bond motifs is 1. The minimum atomic E-state index is -0.967. The summed E-state index contributed by atoms with van der Waals surface area (Å²) in [6.45, 7) is 5.19. The van der Waals surface area contributed by atoms with Gasteiger partial charge in [-0.15, -0.1) is 0 Å². The Morgan fingerprint density at radius 1 is 1.03 bits per heavy atom. The van der Waals surface area contributed by atoms with Crippen LogP contribution in [0.5, 0.6) is 0 Å². The van der Waals surface area contributed by atoms with Crippen LogP contribution in [-0.4, -0.2) is 44.5 Å². The van der Waals surface area contributed by atoms with Crippen LogP contribution in [0.25, 0.3) is 0 Å². The molecule has 0 bridgehead atoms. The number of amides is 3. The number of nitrogens with one attached hydrogen (secondary N) is 1. The molecule has 10 nitrogen and oxygen atoms in total. The van der Waals surface area contributed by atoms with Crippen molar-refractivity contribution in [2.75, 3.05) is 0 Å². The fraction of sp³-hybridized carbons (Fsp3) is 0.263. The number of nitrogens with zero attached hydrogens (tertiary/aromatic N) is 3. The highest BCUT2D eigenvalue weighted by molar-refractivity contribution is 6.21. The third-order valence-electron chi connectivity index (χ3n) is 3.66. The molecule has 3 amide bonds. The Labute approximate surface area is 165 Å². The van der Waals surface area contributed by atoms with Crippen molar-refractivity contribution in [3.8, 4) is 0 Å². The number of rotatable bonds is 4. The summed E-state index contributed by atoms with van der Waals surface area (Å²) in [5, 5.41) is 2.89. The van der Waals surface area contributed by atoms with Crippen LogP contribution in [0.2, 0.25) is 0 Å². The summed E-state index contributed by atoms with van der Waals surface area (Å²) in [5.74, 6) is -2.18. The monoisotopic (exact) mass is 398 g/mol. The van der Waals surface area contributed by atoms with E-state index in [0.717, 1.165) is 0 Å². The molecule has 29 heavy (non-hydrogen) atoms. The fourth-order valence-corrected chi connectivity index (χ4v) is 2.40. The van der Waals surface area contributed by atoms with Gasteiger partial charge in [0.2, 0.25) is 0 Å². The third kappa shape index (κ3) is 4.54. The van der Waals surface area contributed by atoms with Crippen molar-refractivity contribution in [1.29, 1.82) is 0 Å². The lowest BCUT2D eigenvalue weighted by Crippen LogP contribution is -2.33.